The minimum atomic E-state index is 0. The molecular weight excluding hydrogens is 272 g/mol. The third kappa shape index (κ3) is 4.11. The van der Waals surface area contributed by atoms with Gasteiger partial charge in [0.1, 0.15) is 5.75 Å². The Morgan fingerprint density at radius 3 is 2.45 bits per heavy atom. The Labute approximate surface area is 127 Å². The lowest BCUT2D eigenvalue weighted by Crippen LogP contribution is -2.28. The summed E-state index contributed by atoms with van der Waals surface area (Å²) in [6.07, 6.45) is 2.68. The molecule has 112 valence electrons. The SMILES string of the molecule is CC1CN(Cc2ccc(OCC3CC3)cc2)CC1N.Cl. The first-order chi connectivity index (χ1) is 9.20. The molecule has 1 aliphatic heterocycles. The molecule has 1 aliphatic carbocycles. The number of likely N-dealkylation sites (tertiary alicyclic amines) is 1. The van der Waals surface area contributed by atoms with E-state index in [1.165, 1.54) is 18.4 Å². The Kier molecular flexibility index (Phi) is 5.30. The summed E-state index contributed by atoms with van der Waals surface area (Å²) in [4.78, 5) is 2.44. The molecule has 3 nitrogen and oxygen atoms in total. The zero-order valence-corrected chi connectivity index (χ0v) is 12.9. The molecule has 0 spiro atoms. The van der Waals surface area contributed by atoms with Gasteiger partial charge in [-0.15, -0.1) is 12.4 Å². The highest BCUT2D eigenvalue weighted by atomic mass is 35.5. The van der Waals surface area contributed by atoms with Crippen LogP contribution in [0.5, 0.6) is 5.75 Å². The van der Waals surface area contributed by atoms with Gasteiger partial charge >= 0.3 is 0 Å². The minimum absolute atomic E-state index is 0. The number of halogens is 1. The fourth-order valence-electron chi connectivity index (χ4n) is 2.67. The molecule has 2 N–H and O–H groups in total. The van der Waals surface area contributed by atoms with E-state index in [4.69, 9.17) is 10.5 Å². The summed E-state index contributed by atoms with van der Waals surface area (Å²) in [6.45, 7) is 6.25. The largest absolute Gasteiger partial charge is 0.493 e. The first-order valence-corrected chi connectivity index (χ1v) is 7.40. The molecule has 2 aliphatic rings. The second kappa shape index (κ2) is 6.79. The average molecular weight is 297 g/mol. The topological polar surface area (TPSA) is 38.5 Å². The van der Waals surface area contributed by atoms with Crippen molar-refractivity contribution in [3.8, 4) is 5.75 Å². The van der Waals surface area contributed by atoms with E-state index < -0.39 is 0 Å². The zero-order chi connectivity index (χ0) is 13.2. The van der Waals surface area contributed by atoms with E-state index in [0.29, 0.717) is 12.0 Å². The summed E-state index contributed by atoms with van der Waals surface area (Å²) >= 11 is 0. The summed E-state index contributed by atoms with van der Waals surface area (Å²) in [5.41, 5.74) is 7.41. The van der Waals surface area contributed by atoms with Crippen molar-refractivity contribution in [2.75, 3.05) is 19.7 Å². The Hall–Kier alpha value is -0.770. The Morgan fingerprint density at radius 2 is 1.90 bits per heavy atom. The molecule has 3 rings (SSSR count). The zero-order valence-electron chi connectivity index (χ0n) is 12.1. The van der Waals surface area contributed by atoms with Crippen LogP contribution in [0, 0.1) is 11.8 Å². The van der Waals surface area contributed by atoms with Gasteiger partial charge < -0.3 is 10.5 Å². The van der Waals surface area contributed by atoms with Gasteiger partial charge in [-0.05, 0) is 42.4 Å². The molecule has 2 unspecified atom stereocenters. The van der Waals surface area contributed by atoms with E-state index >= 15 is 0 Å². The third-order valence-corrected chi connectivity index (χ3v) is 4.26. The lowest BCUT2D eigenvalue weighted by molar-refractivity contribution is 0.298. The second-order valence-electron chi connectivity index (χ2n) is 6.23. The second-order valence-corrected chi connectivity index (χ2v) is 6.23. The fourth-order valence-corrected chi connectivity index (χ4v) is 2.67. The molecule has 2 fully saturated rings. The number of nitrogens with two attached hydrogens (primary N) is 1. The minimum Gasteiger partial charge on any atom is -0.493 e. The van der Waals surface area contributed by atoms with Gasteiger partial charge in [0, 0.05) is 25.7 Å². The maximum atomic E-state index is 6.06. The predicted octanol–water partition coefficient (Wildman–Crippen LogP) is 2.68. The van der Waals surface area contributed by atoms with Gasteiger partial charge in [-0.1, -0.05) is 19.1 Å². The molecule has 1 saturated heterocycles. The third-order valence-electron chi connectivity index (χ3n) is 4.26. The molecule has 0 radical (unpaired) electrons. The summed E-state index contributed by atoms with van der Waals surface area (Å²) in [5, 5.41) is 0. The maximum Gasteiger partial charge on any atom is 0.119 e. The highest BCUT2D eigenvalue weighted by molar-refractivity contribution is 5.85. The van der Waals surface area contributed by atoms with E-state index in [1.807, 2.05) is 0 Å². The van der Waals surface area contributed by atoms with Gasteiger partial charge in [0.25, 0.3) is 0 Å². The quantitative estimate of drug-likeness (QED) is 0.908. The highest BCUT2D eigenvalue weighted by Crippen LogP contribution is 2.29. The van der Waals surface area contributed by atoms with Gasteiger partial charge in [0.05, 0.1) is 6.61 Å². The molecule has 4 heteroatoms. The molecule has 1 aromatic rings. The fraction of sp³-hybridized carbons (Fsp3) is 0.625. The van der Waals surface area contributed by atoms with Crippen molar-refractivity contribution in [2.45, 2.75) is 32.4 Å². The monoisotopic (exact) mass is 296 g/mol. The molecule has 1 heterocycles. The van der Waals surface area contributed by atoms with Gasteiger partial charge in [-0.2, -0.15) is 0 Å². The number of hydrogen-bond acceptors (Lipinski definition) is 3. The summed E-state index contributed by atoms with van der Waals surface area (Å²) in [7, 11) is 0. The van der Waals surface area contributed by atoms with Crippen LogP contribution in [0.1, 0.15) is 25.3 Å². The molecule has 2 atom stereocenters. The van der Waals surface area contributed by atoms with Crippen molar-refractivity contribution in [3.63, 3.8) is 0 Å². The number of rotatable bonds is 5. The normalized spacial score (nSPS) is 26.3. The first-order valence-electron chi connectivity index (χ1n) is 7.40. The molecule has 0 aromatic heterocycles. The van der Waals surface area contributed by atoms with Crippen LogP contribution < -0.4 is 10.5 Å². The molecule has 0 bridgehead atoms. The first kappa shape index (κ1) is 15.6. The van der Waals surface area contributed by atoms with Crippen LogP contribution in [0.15, 0.2) is 24.3 Å². The van der Waals surface area contributed by atoms with E-state index in [1.54, 1.807) is 0 Å². The van der Waals surface area contributed by atoms with Gasteiger partial charge in [-0.25, -0.2) is 0 Å². The van der Waals surface area contributed by atoms with Gasteiger partial charge in [0.15, 0.2) is 0 Å². The van der Waals surface area contributed by atoms with E-state index in [-0.39, 0.29) is 12.4 Å². The van der Waals surface area contributed by atoms with Gasteiger partial charge in [0.2, 0.25) is 0 Å². The van der Waals surface area contributed by atoms with E-state index in [0.717, 1.165) is 37.9 Å². The standard InChI is InChI=1S/C16H24N2O.ClH/c1-12-8-18(10-16(12)17)9-13-4-6-15(7-5-13)19-11-14-2-3-14;/h4-7,12,14,16H,2-3,8-11,17H2,1H3;1H. The molecule has 20 heavy (non-hydrogen) atoms. The van der Waals surface area contributed by atoms with Crippen molar-refractivity contribution < 1.29 is 4.74 Å². The van der Waals surface area contributed by atoms with Crippen molar-refractivity contribution in [1.82, 2.24) is 4.90 Å². The molecule has 1 aromatic carbocycles. The molecule has 0 amide bonds. The van der Waals surface area contributed by atoms with Crippen LogP contribution in [0.25, 0.3) is 0 Å². The van der Waals surface area contributed by atoms with Crippen molar-refractivity contribution >= 4 is 12.4 Å². The van der Waals surface area contributed by atoms with Crippen LogP contribution in [0.4, 0.5) is 0 Å². The number of nitrogens with zero attached hydrogens (tertiary/aromatic N) is 1. The van der Waals surface area contributed by atoms with E-state index in [9.17, 15) is 0 Å². The van der Waals surface area contributed by atoms with E-state index in [2.05, 4.69) is 36.1 Å². The lowest BCUT2D eigenvalue weighted by Gasteiger charge is -2.15. The highest BCUT2D eigenvalue weighted by Gasteiger charge is 2.26. The lowest BCUT2D eigenvalue weighted by atomic mass is 10.1. The average Bonchev–Trinajstić information content (AvgIpc) is 3.16. The summed E-state index contributed by atoms with van der Waals surface area (Å²) in [6, 6.07) is 8.88. The Balaban J connectivity index is 0.00000147. The Morgan fingerprint density at radius 1 is 1.20 bits per heavy atom. The van der Waals surface area contributed by atoms with Crippen LogP contribution >= 0.6 is 12.4 Å². The predicted molar refractivity (Wildman–Crippen MR) is 84.3 cm³/mol. The Bertz CT molecular complexity index is 409. The number of ether oxygens (including phenoxy) is 1. The maximum absolute atomic E-state index is 6.06. The van der Waals surface area contributed by atoms with Crippen LogP contribution in [0.2, 0.25) is 0 Å². The molecular formula is C16H25ClN2O. The molecule has 1 saturated carbocycles. The van der Waals surface area contributed by atoms with Gasteiger partial charge in [-0.3, -0.25) is 4.90 Å². The van der Waals surface area contributed by atoms with Crippen molar-refractivity contribution in [1.29, 1.82) is 0 Å². The smallest absolute Gasteiger partial charge is 0.119 e. The van der Waals surface area contributed by atoms with Crippen LogP contribution in [0.3, 0.4) is 0 Å². The van der Waals surface area contributed by atoms with Crippen molar-refractivity contribution in [3.05, 3.63) is 29.8 Å². The van der Waals surface area contributed by atoms with Crippen molar-refractivity contribution in [2.24, 2.45) is 17.6 Å². The summed E-state index contributed by atoms with van der Waals surface area (Å²) in [5.74, 6) is 2.43. The number of benzene rings is 1. The number of hydrogen-bond donors (Lipinski definition) is 1. The van der Waals surface area contributed by atoms with Crippen LogP contribution in [-0.4, -0.2) is 30.6 Å². The van der Waals surface area contributed by atoms with Crippen LogP contribution in [-0.2, 0) is 6.54 Å². The summed E-state index contributed by atoms with van der Waals surface area (Å²) < 4.78 is 5.76.